The van der Waals surface area contributed by atoms with Gasteiger partial charge in [0.15, 0.2) is 5.58 Å². The summed E-state index contributed by atoms with van der Waals surface area (Å²) in [6.07, 6.45) is 4.42. The maximum atomic E-state index is 12.8. The molecule has 136 valence electrons. The molecule has 2 aromatic carbocycles. The Morgan fingerprint density at radius 3 is 2.67 bits per heavy atom. The summed E-state index contributed by atoms with van der Waals surface area (Å²) in [5, 5.41) is 6.33. The Labute approximate surface area is 156 Å². The lowest BCUT2D eigenvalue weighted by Crippen LogP contribution is -2.38. The van der Waals surface area contributed by atoms with E-state index in [2.05, 4.69) is 40.6 Å². The molecule has 5 heteroatoms. The third-order valence-corrected chi connectivity index (χ3v) is 5.68. The summed E-state index contributed by atoms with van der Waals surface area (Å²) in [6, 6.07) is 16.1. The smallest absolute Gasteiger partial charge is 0.228 e. The van der Waals surface area contributed by atoms with Crippen LogP contribution in [0.4, 0.5) is 0 Å². The molecule has 0 atom stereocenters. The topological polar surface area (TPSA) is 62.1 Å². The zero-order valence-corrected chi connectivity index (χ0v) is 15.0. The second-order valence-electron chi connectivity index (χ2n) is 7.25. The van der Waals surface area contributed by atoms with Crippen LogP contribution in [0.25, 0.3) is 21.9 Å². The minimum Gasteiger partial charge on any atom is -0.361 e. The molecule has 0 bridgehead atoms. The van der Waals surface area contributed by atoms with Gasteiger partial charge in [-0.25, -0.2) is 0 Å². The average molecular weight is 359 g/mol. The Morgan fingerprint density at radius 2 is 1.81 bits per heavy atom. The van der Waals surface area contributed by atoms with E-state index in [0.717, 1.165) is 42.6 Å². The SMILES string of the molecule is O=C(Cc1noc2ccccc12)N1CCC(c2c[nH]c3ccccc23)CC1. The molecular weight excluding hydrogens is 338 g/mol. The van der Waals surface area contributed by atoms with Crippen LogP contribution in [0.15, 0.2) is 59.3 Å². The second kappa shape index (κ2) is 6.58. The predicted octanol–water partition coefficient (Wildman–Crippen LogP) is 4.26. The van der Waals surface area contributed by atoms with Gasteiger partial charge in [-0.3, -0.25) is 4.79 Å². The molecule has 27 heavy (non-hydrogen) atoms. The average Bonchev–Trinajstić information content (AvgIpc) is 3.33. The molecule has 2 aromatic heterocycles. The molecule has 0 aliphatic carbocycles. The van der Waals surface area contributed by atoms with Crippen molar-refractivity contribution in [2.45, 2.75) is 25.2 Å². The van der Waals surface area contributed by atoms with E-state index in [1.807, 2.05) is 29.2 Å². The van der Waals surface area contributed by atoms with Gasteiger partial charge in [0.2, 0.25) is 5.91 Å². The molecule has 5 nitrogen and oxygen atoms in total. The molecule has 1 amide bonds. The summed E-state index contributed by atoms with van der Waals surface area (Å²) < 4.78 is 5.32. The summed E-state index contributed by atoms with van der Waals surface area (Å²) in [4.78, 5) is 18.1. The number of H-pyrrole nitrogens is 1. The number of benzene rings is 2. The maximum Gasteiger partial charge on any atom is 0.228 e. The Morgan fingerprint density at radius 1 is 1.07 bits per heavy atom. The van der Waals surface area contributed by atoms with Crippen molar-refractivity contribution >= 4 is 27.8 Å². The molecule has 0 radical (unpaired) electrons. The van der Waals surface area contributed by atoms with E-state index in [1.165, 1.54) is 16.5 Å². The van der Waals surface area contributed by atoms with Crippen LogP contribution in [-0.2, 0) is 11.2 Å². The molecular formula is C22H21N3O2. The van der Waals surface area contributed by atoms with E-state index >= 15 is 0 Å². The number of nitrogens with one attached hydrogen (secondary N) is 1. The molecule has 5 rings (SSSR count). The van der Waals surface area contributed by atoms with Crippen LogP contribution in [0.3, 0.4) is 0 Å². The minimum absolute atomic E-state index is 0.131. The van der Waals surface area contributed by atoms with E-state index in [1.54, 1.807) is 0 Å². The van der Waals surface area contributed by atoms with Gasteiger partial charge < -0.3 is 14.4 Å². The lowest BCUT2D eigenvalue weighted by atomic mass is 9.89. The number of likely N-dealkylation sites (tertiary alicyclic amines) is 1. The lowest BCUT2D eigenvalue weighted by Gasteiger charge is -2.32. The third kappa shape index (κ3) is 2.89. The molecule has 1 aliphatic rings. The number of hydrogen-bond donors (Lipinski definition) is 1. The molecule has 3 heterocycles. The number of piperidine rings is 1. The highest BCUT2D eigenvalue weighted by Gasteiger charge is 2.26. The fraction of sp³-hybridized carbons (Fsp3) is 0.273. The highest BCUT2D eigenvalue weighted by molar-refractivity contribution is 5.86. The summed E-state index contributed by atoms with van der Waals surface area (Å²) in [6.45, 7) is 1.58. The van der Waals surface area contributed by atoms with Gasteiger partial charge in [-0.2, -0.15) is 0 Å². The van der Waals surface area contributed by atoms with E-state index in [0.29, 0.717) is 12.3 Å². The number of carbonyl (C=O) groups excluding carboxylic acids is 1. The van der Waals surface area contributed by atoms with Crippen LogP contribution in [0.2, 0.25) is 0 Å². The van der Waals surface area contributed by atoms with E-state index < -0.39 is 0 Å². The van der Waals surface area contributed by atoms with Gasteiger partial charge in [-0.1, -0.05) is 35.5 Å². The van der Waals surface area contributed by atoms with Crippen LogP contribution < -0.4 is 0 Å². The first-order valence-corrected chi connectivity index (χ1v) is 9.46. The quantitative estimate of drug-likeness (QED) is 0.594. The number of aromatic nitrogens is 2. The summed E-state index contributed by atoms with van der Waals surface area (Å²) in [5.41, 5.74) is 4.02. The normalized spacial score (nSPS) is 15.6. The molecule has 0 spiro atoms. The molecule has 1 fully saturated rings. The van der Waals surface area contributed by atoms with Gasteiger partial charge in [0.1, 0.15) is 5.69 Å². The van der Waals surface area contributed by atoms with Crippen molar-refractivity contribution in [3.8, 4) is 0 Å². The number of carbonyl (C=O) groups is 1. The number of hydrogen-bond acceptors (Lipinski definition) is 3. The van der Waals surface area contributed by atoms with Crippen LogP contribution in [0, 0.1) is 0 Å². The van der Waals surface area contributed by atoms with E-state index in [4.69, 9.17) is 4.52 Å². The van der Waals surface area contributed by atoms with Crippen molar-refractivity contribution in [2.75, 3.05) is 13.1 Å². The van der Waals surface area contributed by atoms with Gasteiger partial charge in [0.05, 0.1) is 6.42 Å². The number of para-hydroxylation sites is 2. The van der Waals surface area contributed by atoms with Crippen LogP contribution >= 0.6 is 0 Å². The van der Waals surface area contributed by atoms with Gasteiger partial charge >= 0.3 is 0 Å². The largest absolute Gasteiger partial charge is 0.361 e. The first-order chi connectivity index (χ1) is 13.3. The van der Waals surface area contributed by atoms with Crippen molar-refractivity contribution in [2.24, 2.45) is 0 Å². The predicted molar refractivity (Wildman–Crippen MR) is 105 cm³/mol. The van der Waals surface area contributed by atoms with Crippen LogP contribution in [0.1, 0.15) is 30.0 Å². The highest BCUT2D eigenvalue weighted by Crippen LogP contribution is 2.33. The van der Waals surface area contributed by atoms with E-state index in [9.17, 15) is 4.79 Å². The van der Waals surface area contributed by atoms with Crippen LogP contribution in [-0.4, -0.2) is 34.0 Å². The van der Waals surface area contributed by atoms with Crippen molar-refractivity contribution in [3.63, 3.8) is 0 Å². The van der Waals surface area contributed by atoms with Crippen molar-refractivity contribution in [3.05, 3.63) is 66.0 Å². The monoisotopic (exact) mass is 359 g/mol. The molecule has 1 N–H and O–H groups in total. The molecule has 1 saturated heterocycles. The third-order valence-electron chi connectivity index (χ3n) is 5.68. The summed E-state index contributed by atoms with van der Waals surface area (Å²) >= 11 is 0. The molecule has 0 saturated carbocycles. The summed E-state index contributed by atoms with van der Waals surface area (Å²) in [5.74, 6) is 0.629. The van der Waals surface area contributed by atoms with Crippen molar-refractivity contribution in [1.29, 1.82) is 0 Å². The van der Waals surface area contributed by atoms with Crippen molar-refractivity contribution in [1.82, 2.24) is 15.0 Å². The highest BCUT2D eigenvalue weighted by atomic mass is 16.5. The van der Waals surface area contributed by atoms with Gasteiger partial charge in [-0.15, -0.1) is 0 Å². The number of nitrogens with zero attached hydrogens (tertiary/aromatic N) is 2. The Hall–Kier alpha value is -3.08. The van der Waals surface area contributed by atoms with Gasteiger partial charge in [0.25, 0.3) is 0 Å². The first kappa shape index (κ1) is 16.1. The Kier molecular flexibility index (Phi) is 3.93. The summed E-state index contributed by atoms with van der Waals surface area (Å²) in [7, 11) is 0. The minimum atomic E-state index is 0.131. The Bertz CT molecular complexity index is 1100. The second-order valence-corrected chi connectivity index (χ2v) is 7.25. The molecule has 0 unspecified atom stereocenters. The van der Waals surface area contributed by atoms with Crippen LogP contribution in [0.5, 0.6) is 0 Å². The van der Waals surface area contributed by atoms with Crippen molar-refractivity contribution < 1.29 is 9.32 Å². The fourth-order valence-electron chi connectivity index (χ4n) is 4.19. The number of amides is 1. The lowest BCUT2D eigenvalue weighted by molar-refractivity contribution is -0.131. The van der Waals surface area contributed by atoms with Gasteiger partial charge in [0, 0.05) is 35.6 Å². The fourth-order valence-corrected chi connectivity index (χ4v) is 4.19. The first-order valence-electron chi connectivity index (χ1n) is 9.46. The zero-order chi connectivity index (χ0) is 18.2. The standard InChI is InChI=1S/C22H21N3O2/c26-22(13-20-17-6-2-4-8-21(17)27-24-20)25-11-9-15(10-12-25)18-14-23-19-7-3-1-5-16(18)19/h1-8,14-15,23H,9-13H2. The number of fused-ring (bicyclic) bond motifs is 2. The molecule has 1 aliphatic heterocycles. The Balaban J connectivity index is 1.27. The number of aromatic amines is 1. The molecule has 4 aromatic rings. The zero-order valence-electron chi connectivity index (χ0n) is 15.0. The maximum absolute atomic E-state index is 12.8. The van der Waals surface area contributed by atoms with E-state index in [-0.39, 0.29) is 5.91 Å². The number of rotatable bonds is 3. The van der Waals surface area contributed by atoms with Gasteiger partial charge in [-0.05, 0) is 42.5 Å².